The van der Waals surface area contributed by atoms with Gasteiger partial charge in [-0.2, -0.15) is 0 Å². The summed E-state index contributed by atoms with van der Waals surface area (Å²) in [5, 5.41) is -1.73. The molecule has 0 aromatic rings. The zero-order valence-corrected chi connectivity index (χ0v) is 77.4. The van der Waals surface area contributed by atoms with E-state index in [-0.39, 0.29) is 180 Å². The number of esters is 10. The van der Waals surface area contributed by atoms with E-state index in [2.05, 4.69) is 39.5 Å². The van der Waals surface area contributed by atoms with Gasteiger partial charge in [-0.05, 0) is 141 Å². The predicted molar refractivity (Wildman–Crippen MR) is 472 cm³/mol. The van der Waals surface area contributed by atoms with Gasteiger partial charge in [0.15, 0.2) is 0 Å². The summed E-state index contributed by atoms with van der Waals surface area (Å²) in [6, 6.07) is 0. The van der Waals surface area contributed by atoms with Crippen LogP contribution in [-0.2, 0) is 95.3 Å². The van der Waals surface area contributed by atoms with Gasteiger partial charge in [0.25, 0.3) is 0 Å². The molecule has 0 rings (SSSR count). The second kappa shape index (κ2) is 81.3. The number of carbonyl (C=O) groups excluding carboxylic acids is 10. The minimum absolute atomic E-state index is 0.00382. The summed E-state index contributed by atoms with van der Waals surface area (Å²) in [6.45, 7) is 22.4. The Morgan fingerprint density at radius 2 is 0.357 bits per heavy atom. The molecule has 0 saturated carbocycles. The summed E-state index contributed by atoms with van der Waals surface area (Å²) in [6.07, 6.45) is 36.8. The Kier molecular flexibility index (Phi) is 78.7. The summed E-state index contributed by atoms with van der Waals surface area (Å²) >= 11 is 7.80. The van der Waals surface area contributed by atoms with Crippen LogP contribution < -0.4 is 0 Å². The van der Waals surface area contributed by atoms with Crippen molar-refractivity contribution in [2.45, 2.75) is 339 Å². The number of unbranched alkanes of at least 4 members (excludes halogenated alkanes) is 26. The number of hydrogen-bond donors (Lipinski definition) is 0. The Bertz CT molecular complexity index is 2320. The molecule has 5 unspecified atom stereocenters. The molecule has 28 heteroatoms. The molecule has 0 saturated heterocycles. The molecule has 0 spiro atoms. The van der Waals surface area contributed by atoms with Gasteiger partial charge in [-0.25, -0.2) is 0 Å². The number of nitrogens with zero attached hydrogens (tertiary/aromatic N) is 3. The van der Waals surface area contributed by atoms with Gasteiger partial charge in [0.2, 0.25) is 0 Å². The van der Waals surface area contributed by atoms with Gasteiger partial charge >= 0.3 is 59.7 Å². The van der Waals surface area contributed by atoms with Crippen LogP contribution in [0.5, 0.6) is 0 Å². The summed E-state index contributed by atoms with van der Waals surface area (Å²) in [4.78, 5) is 136. The summed E-state index contributed by atoms with van der Waals surface area (Å²) in [5.74, 6) is 0.0830. The van der Waals surface area contributed by atoms with Crippen LogP contribution in [0.2, 0.25) is 0 Å². The van der Waals surface area contributed by atoms with Gasteiger partial charge in [-0.15, -0.1) is 58.8 Å². The standard InChI is InChI=1S/C87H159N3O20S5/c1-11-16-21-26-31-38-68-111-73(6)83(96)106-63-58-101-78(91)44-53-88(51-43-52-90(56-47-81(94)104-61-66-109-86(99)76(9)114-71-41-34-29-24-19-14-4)57-48-82(95)105-62-67-110-87(100)77(10)115-72-42-35-30-25-20-15-5)49-36-37-50-89(54-45-79(92)102-59-64-107-84(97)74(7)112-69-39-32-27-22-17-12-2)55-46-80(93)103-60-65-108-85(98)75(8)113-70-40-33-28-23-18-13-3/h73-77H,11-72H2,1-10H3. The molecular weight excluding hydrogens is 1570 g/mol. The fourth-order valence-electron chi connectivity index (χ4n) is 11.9. The first-order valence-corrected chi connectivity index (χ1v) is 49.8. The molecule has 0 aliphatic heterocycles. The smallest absolute Gasteiger partial charge is 0.318 e. The monoisotopic (exact) mass is 1730 g/mol. The molecular formula is C87H159N3O20S5. The van der Waals surface area contributed by atoms with E-state index in [4.69, 9.17) is 47.4 Å². The van der Waals surface area contributed by atoms with Crippen LogP contribution in [0.1, 0.15) is 313 Å². The maximum Gasteiger partial charge on any atom is 0.318 e. The van der Waals surface area contributed by atoms with Gasteiger partial charge in [-0.3, -0.25) is 47.9 Å². The molecule has 0 N–H and O–H groups in total. The minimum Gasteiger partial charge on any atom is -0.462 e. The highest BCUT2D eigenvalue weighted by Gasteiger charge is 2.23. The van der Waals surface area contributed by atoms with Crippen LogP contribution in [0.25, 0.3) is 0 Å². The second-order valence-corrected chi connectivity index (χ2v) is 36.9. The largest absolute Gasteiger partial charge is 0.462 e. The van der Waals surface area contributed by atoms with Crippen molar-refractivity contribution in [3.05, 3.63) is 0 Å². The number of carbonyl (C=O) groups is 10. The molecule has 0 aliphatic carbocycles. The first-order chi connectivity index (χ1) is 55.7. The van der Waals surface area contributed by atoms with E-state index in [9.17, 15) is 47.9 Å². The highest BCUT2D eigenvalue weighted by atomic mass is 32.2. The van der Waals surface area contributed by atoms with Crippen molar-refractivity contribution >= 4 is 119 Å². The molecule has 115 heavy (non-hydrogen) atoms. The van der Waals surface area contributed by atoms with Crippen LogP contribution in [0.15, 0.2) is 0 Å². The lowest BCUT2D eigenvalue weighted by atomic mass is 10.1. The van der Waals surface area contributed by atoms with Crippen molar-refractivity contribution < 1.29 is 95.3 Å². The van der Waals surface area contributed by atoms with Crippen molar-refractivity contribution in [2.24, 2.45) is 0 Å². The van der Waals surface area contributed by atoms with Crippen LogP contribution >= 0.6 is 58.8 Å². The quantitative estimate of drug-likeness (QED) is 0.0311. The molecule has 0 aromatic carbocycles. The van der Waals surface area contributed by atoms with E-state index in [1.54, 1.807) is 58.8 Å². The lowest BCUT2D eigenvalue weighted by molar-refractivity contribution is -0.152. The molecule has 0 amide bonds. The average Bonchev–Trinajstić information content (AvgIpc) is 0.951. The van der Waals surface area contributed by atoms with Gasteiger partial charge in [-0.1, -0.05) is 195 Å². The SMILES string of the molecule is CCCCCCCCSC(C)C(=O)OCCOC(=O)CCN(CCCCN(CCC(=O)OCCOC(=O)C(C)SCCCCCCCC)CCC(=O)OCCOC(=O)C(C)SCCCCCCCC)CCCN(CCC(=O)OCCOC(=O)C(C)SCCCCCCCC)CCC(=O)OCCOC(=O)C(C)SCCCCCCCC. The van der Waals surface area contributed by atoms with E-state index in [0.29, 0.717) is 52.0 Å². The van der Waals surface area contributed by atoms with Crippen LogP contribution in [0.3, 0.4) is 0 Å². The number of hydrogen-bond acceptors (Lipinski definition) is 28. The van der Waals surface area contributed by atoms with E-state index in [1.807, 2.05) is 44.4 Å². The molecule has 0 radical (unpaired) electrons. The third kappa shape index (κ3) is 71.8. The van der Waals surface area contributed by atoms with E-state index >= 15 is 0 Å². The second-order valence-electron chi connectivity index (χ2n) is 29.7. The minimum atomic E-state index is -0.503. The Morgan fingerprint density at radius 1 is 0.200 bits per heavy atom. The Morgan fingerprint density at radius 3 is 0.548 bits per heavy atom. The fraction of sp³-hybridized carbons (Fsp3) is 0.885. The zero-order valence-electron chi connectivity index (χ0n) is 73.3. The summed E-state index contributed by atoms with van der Waals surface area (Å²) in [5.41, 5.74) is 0. The number of ether oxygens (including phenoxy) is 10. The Labute approximate surface area is 717 Å². The van der Waals surface area contributed by atoms with Crippen molar-refractivity contribution in [1.82, 2.24) is 14.7 Å². The van der Waals surface area contributed by atoms with E-state index in [0.717, 1.165) is 93.0 Å². The predicted octanol–water partition coefficient (Wildman–Crippen LogP) is 17.9. The zero-order chi connectivity index (χ0) is 84.8. The molecule has 0 bridgehead atoms. The van der Waals surface area contributed by atoms with Gasteiger partial charge in [0.05, 0.1) is 58.4 Å². The van der Waals surface area contributed by atoms with Crippen molar-refractivity contribution in [2.75, 3.05) is 154 Å². The Balaban J connectivity index is 6.39. The fourth-order valence-corrected chi connectivity index (χ4v) is 16.6. The molecule has 0 fully saturated rings. The van der Waals surface area contributed by atoms with E-state index < -0.39 is 29.8 Å². The van der Waals surface area contributed by atoms with Crippen LogP contribution in [0, 0.1) is 0 Å². The highest BCUT2D eigenvalue weighted by molar-refractivity contribution is 8.01. The van der Waals surface area contributed by atoms with Crippen LogP contribution in [0.4, 0.5) is 0 Å². The van der Waals surface area contributed by atoms with Crippen LogP contribution in [-0.4, -0.2) is 254 Å². The molecule has 672 valence electrons. The van der Waals surface area contributed by atoms with Crippen molar-refractivity contribution in [3.63, 3.8) is 0 Å². The summed E-state index contributed by atoms with van der Waals surface area (Å²) in [7, 11) is 0. The molecule has 23 nitrogen and oxygen atoms in total. The van der Waals surface area contributed by atoms with Crippen molar-refractivity contribution in [1.29, 1.82) is 0 Å². The first kappa shape index (κ1) is 111. The van der Waals surface area contributed by atoms with E-state index in [1.165, 1.54) is 128 Å². The highest BCUT2D eigenvalue weighted by Crippen LogP contribution is 2.22. The first-order valence-electron chi connectivity index (χ1n) is 44.6. The average molecular weight is 1730 g/mol. The third-order valence-electron chi connectivity index (χ3n) is 19.3. The topological polar surface area (TPSA) is 273 Å². The van der Waals surface area contributed by atoms with Gasteiger partial charge < -0.3 is 62.1 Å². The molecule has 0 aromatic heterocycles. The Hall–Kier alpha value is -3.67. The number of rotatable bonds is 84. The molecule has 0 aliphatic rings. The normalized spacial score (nSPS) is 12.7. The molecule has 0 heterocycles. The van der Waals surface area contributed by atoms with Gasteiger partial charge in [0.1, 0.15) is 66.1 Å². The maximum absolute atomic E-state index is 13.4. The maximum atomic E-state index is 13.4. The third-order valence-corrected chi connectivity index (χ3v) is 25.3. The number of thioether (sulfide) groups is 5. The molecule has 5 atom stereocenters. The lowest BCUT2D eigenvalue weighted by Crippen LogP contribution is -2.35. The van der Waals surface area contributed by atoms with Crippen molar-refractivity contribution in [3.8, 4) is 0 Å². The lowest BCUT2D eigenvalue weighted by Gasteiger charge is -2.26. The summed E-state index contributed by atoms with van der Waals surface area (Å²) < 4.78 is 54.9. The van der Waals surface area contributed by atoms with Gasteiger partial charge in [0, 0.05) is 32.7 Å².